The van der Waals surface area contributed by atoms with E-state index in [4.69, 9.17) is 5.73 Å². The largest absolute Gasteiger partial charge is 0.368 e. The smallest absolute Gasteiger partial charge is 0.349 e. The summed E-state index contributed by atoms with van der Waals surface area (Å²) in [5, 5.41) is 9.66. The van der Waals surface area contributed by atoms with Gasteiger partial charge in [0.2, 0.25) is 5.95 Å². The SMILES string of the molecule is Nc1nc(-c2cn[nH]n2)[nH]c(=O)n1. The highest BCUT2D eigenvalue weighted by molar-refractivity contribution is 5.46. The fourth-order valence-electron chi connectivity index (χ4n) is 0.838. The number of rotatable bonds is 1. The highest BCUT2D eigenvalue weighted by Gasteiger charge is 2.04. The maximum absolute atomic E-state index is 10.9. The van der Waals surface area contributed by atoms with Crippen molar-refractivity contribution in [1.82, 2.24) is 30.4 Å². The maximum atomic E-state index is 10.9. The monoisotopic (exact) mass is 179 g/mol. The van der Waals surface area contributed by atoms with Gasteiger partial charge in [0.05, 0.1) is 6.20 Å². The number of aromatic amines is 2. The Morgan fingerprint density at radius 3 is 2.85 bits per heavy atom. The topological polar surface area (TPSA) is 126 Å². The molecule has 0 aliphatic carbocycles. The summed E-state index contributed by atoms with van der Waals surface area (Å²) in [7, 11) is 0. The predicted molar refractivity (Wildman–Crippen MR) is 42.4 cm³/mol. The summed E-state index contributed by atoms with van der Waals surface area (Å²) >= 11 is 0. The van der Waals surface area contributed by atoms with Gasteiger partial charge in [-0.05, 0) is 0 Å². The van der Waals surface area contributed by atoms with Gasteiger partial charge in [-0.15, -0.1) is 0 Å². The molecule has 0 radical (unpaired) electrons. The molecule has 0 bridgehead atoms. The van der Waals surface area contributed by atoms with Gasteiger partial charge in [-0.2, -0.15) is 25.4 Å². The molecule has 0 spiro atoms. The molecule has 8 nitrogen and oxygen atoms in total. The van der Waals surface area contributed by atoms with Gasteiger partial charge in [0.15, 0.2) is 5.82 Å². The van der Waals surface area contributed by atoms with Crippen molar-refractivity contribution in [1.29, 1.82) is 0 Å². The van der Waals surface area contributed by atoms with E-state index in [0.717, 1.165) is 0 Å². The number of nitrogens with zero attached hydrogens (tertiary/aromatic N) is 4. The van der Waals surface area contributed by atoms with E-state index in [0.29, 0.717) is 5.69 Å². The number of H-pyrrole nitrogens is 2. The van der Waals surface area contributed by atoms with Crippen LogP contribution >= 0.6 is 0 Å². The first-order valence-corrected chi connectivity index (χ1v) is 3.35. The second-order valence-electron chi connectivity index (χ2n) is 2.22. The van der Waals surface area contributed by atoms with Crippen molar-refractivity contribution in [2.24, 2.45) is 0 Å². The predicted octanol–water partition coefficient (Wildman–Crippen LogP) is -1.47. The molecular weight excluding hydrogens is 174 g/mol. The van der Waals surface area contributed by atoms with Crippen LogP contribution in [0.1, 0.15) is 0 Å². The minimum atomic E-state index is -0.564. The van der Waals surface area contributed by atoms with Gasteiger partial charge in [-0.25, -0.2) is 4.79 Å². The third kappa shape index (κ3) is 1.36. The lowest BCUT2D eigenvalue weighted by Crippen LogP contribution is -2.15. The van der Waals surface area contributed by atoms with E-state index in [2.05, 4.69) is 30.4 Å². The Morgan fingerprint density at radius 2 is 2.23 bits per heavy atom. The van der Waals surface area contributed by atoms with Gasteiger partial charge in [0, 0.05) is 0 Å². The second-order valence-corrected chi connectivity index (χ2v) is 2.22. The van der Waals surface area contributed by atoms with E-state index in [1.807, 2.05) is 0 Å². The van der Waals surface area contributed by atoms with Crippen LogP contribution in [-0.4, -0.2) is 30.4 Å². The molecule has 0 saturated carbocycles. The van der Waals surface area contributed by atoms with Crippen LogP contribution in [0.4, 0.5) is 5.95 Å². The Morgan fingerprint density at radius 1 is 1.38 bits per heavy atom. The molecule has 0 unspecified atom stereocenters. The molecule has 0 aromatic carbocycles. The molecule has 0 aliphatic heterocycles. The molecule has 0 amide bonds. The molecule has 2 aromatic rings. The summed E-state index contributed by atoms with van der Waals surface area (Å²) in [5.41, 5.74) is 5.11. The fraction of sp³-hybridized carbons (Fsp3) is 0. The molecule has 2 aromatic heterocycles. The Hall–Kier alpha value is -2.25. The Labute approximate surface area is 71.2 Å². The molecule has 0 saturated heterocycles. The Balaban J connectivity index is 2.59. The van der Waals surface area contributed by atoms with Crippen molar-refractivity contribution in [2.75, 3.05) is 5.73 Å². The third-order valence-corrected chi connectivity index (χ3v) is 1.33. The number of aromatic nitrogens is 6. The molecule has 2 rings (SSSR count). The van der Waals surface area contributed by atoms with Crippen molar-refractivity contribution < 1.29 is 0 Å². The number of hydrogen-bond acceptors (Lipinski definition) is 6. The first-order chi connectivity index (χ1) is 6.25. The van der Waals surface area contributed by atoms with Gasteiger partial charge in [-0.1, -0.05) is 0 Å². The van der Waals surface area contributed by atoms with Crippen molar-refractivity contribution in [2.45, 2.75) is 0 Å². The number of nitrogens with two attached hydrogens (primary N) is 1. The highest BCUT2D eigenvalue weighted by Crippen LogP contribution is 2.05. The zero-order valence-electron chi connectivity index (χ0n) is 6.35. The average molecular weight is 179 g/mol. The summed E-state index contributed by atoms with van der Waals surface area (Å²) in [4.78, 5) is 20.3. The quantitative estimate of drug-likeness (QED) is 0.490. The van der Waals surface area contributed by atoms with Crippen molar-refractivity contribution in [3.05, 3.63) is 16.7 Å². The Kier molecular flexibility index (Phi) is 1.51. The minimum Gasteiger partial charge on any atom is -0.368 e. The maximum Gasteiger partial charge on any atom is 0.349 e. The molecule has 8 heteroatoms. The molecule has 2 heterocycles. The van der Waals surface area contributed by atoms with Crippen LogP contribution in [-0.2, 0) is 0 Å². The first-order valence-electron chi connectivity index (χ1n) is 3.35. The van der Waals surface area contributed by atoms with E-state index < -0.39 is 5.69 Å². The van der Waals surface area contributed by atoms with E-state index in [1.54, 1.807) is 0 Å². The van der Waals surface area contributed by atoms with Crippen molar-refractivity contribution >= 4 is 5.95 Å². The lowest BCUT2D eigenvalue weighted by Gasteiger charge is -1.94. The number of hydrogen-bond donors (Lipinski definition) is 3. The minimum absolute atomic E-state index is 0.0956. The zero-order valence-corrected chi connectivity index (χ0v) is 6.35. The van der Waals surface area contributed by atoms with Crippen LogP contribution in [0.2, 0.25) is 0 Å². The molecule has 13 heavy (non-hydrogen) atoms. The lowest BCUT2D eigenvalue weighted by molar-refractivity contribution is 0.932. The summed E-state index contributed by atoms with van der Waals surface area (Å²) in [5.74, 6) is 0.146. The summed E-state index contributed by atoms with van der Waals surface area (Å²) in [6, 6.07) is 0. The van der Waals surface area contributed by atoms with E-state index >= 15 is 0 Å². The van der Waals surface area contributed by atoms with Gasteiger partial charge in [0.25, 0.3) is 0 Å². The van der Waals surface area contributed by atoms with E-state index in [-0.39, 0.29) is 11.8 Å². The van der Waals surface area contributed by atoms with Gasteiger partial charge < -0.3 is 5.73 Å². The second kappa shape index (κ2) is 2.66. The fourth-order valence-corrected chi connectivity index (χ4v) is 0.838. The number of anilines is 1. The molecule has 0 aliphatic rings. The molecular formula is C5H5N7O. The van der Waals surface area contributed by atoms with Crippen LogP contribution < -0.4 is 11.4 Å². The van der Waals surface area contributed by atoms with Crippen LogP contribution in [0.5, 0.6) is 0 Å². The van der Waals surface area contributed by atoms with E-state index in [1.165, 1.54) is 6.20 Å². The number of nitrogen functional groups attached to an aromatic ring is 1. The molecule has 0 atom stereocenters. The van der Waals surface area contributed by atoms with Crippen molar-refractivity contribution in [3.63, 3.8) is 0 Å². The lowest BCUT2D eigenvalue weighted by atomic mass is 10.4. The zero-order chi connectivity index (χ0) is 9.26. The van der Waals surface area contributed by atoms with E-state index in [9.17, 15) is 4.79 Å². The standard InChI is InChI=1S/C5H5N7O/c6-4-8-3(9-5(13)10-4)2-1-7-12-11-2/h1H,(H,7,11,12)(H3,6,8,9,10,13). The molecule has 66 valence electrons. The summed E-state index contributed by atoms with van der Waals surface area (Å²) < 4.78 is 0. The normalized spacial score (nSPS) is 10.2. The average Bonchev–Trinajstić information content (AvgIpc) is 2.53. The van der Waals surface area contributed by atoms with Gasteiger partial charge in [-0.3, -0.25) is 4.98 Å². The van der Waals surface area contributed by atoms with Crippen molar-refractivity contribution in [3.8, 4) is 11.5 Å². The first kappa shape index (κ1) is 7.40. The van der Waals surface area contributed by atoms with Crippen LogP contribution in [0, 0.1) is 0 Å². The van der Waals surface area contributed by atoms with Gasteiger partial charge >= 0.3 is 5.69 Å². The third-order valence-electron chi connectivity index (χ3n) is 1.33. The van der Waals surface area contributed by atoms with Crippen LogP contribution in [0.3, 0.4) is 0 Å². The number of nitrogens with one attached hydrogen (secondary N) is 2. The Bertz CT molecular complexity index is 458. The van der Waals surface area contributed by atoms with Crippen LogP contribution in [0.15, 0.2) is 11.0 Å². The molecule has 4 N–H and O–H groups in total. The van der Waals surface area contributed by atoms with Gasteiger partial charge in [0.1, 0.15) is 5.69 Å². The van der Waals surface area contributed by atoms with Crippen LogP contribution in [0.25, 0.3) is 11.5 Å². The highest BCUT2D eigenvalue weighted by atomic mass is 16.1. The molecule has 0 fully saturated rings. The summed E-state index contributed by atoms with van der Waals surface area (Å²) in [6.07, 6.45) is 1.41. The summed E-state index contributed by atoms with van der Waals surface area (Å²) in [6.45, 7) is 0.